The molecule has 0 bridgehead atoms. The summed E-state index contributed by atoms with van der Waals surface area (Å²) in [5.74, 6) is -1.42. The van der Waals surface area contributed by atoms with Crippen molar-refractivity contribution in [2.75, 3.05) is 25.6 Å². The smallest absolute Gasteiger partial charge is 0.313 e. The fourth-order valence-electron chi connectivity index (χ4n) is 1.07. The molecule has 5 nitrogen and oxygen atoms in total. The van der Waals surface area contributed by atoms with Crippen LogP contribution < -0.4 is 10.6 Å². The Hall–Kier alpha value is -1.59. The molecule has 0 aliphatic carbocycles. The molecule has 0 aromatic heterocycles. The van der Waals surface area contributed by atoms with Crippen LogP contribution in [0.5, 0.6) is 0 Å². The third-order valence-corrected chi connectivity index (χ3v) is 2.15. The second kappa shape index (κ2) is 6.88. The Kier molecular flexibility index (Phi) is 5.45. The molecule has 92 valence electrons. The number of halogens is 1. The Morgan fingerprint density at radius 3 is 2.47 bits per heavy atom. The summed E-state index contributed by atoms with van der Waals surface area (Å²) in [5.41, 5.74) is 0.515. The van der Waals surface area contributed by atoms with E-state index in [1.807, 2.05) is 0 Å². The van der Waals surface area contributed by atoms with Crippen molar-refractivity contribution in [3.63, 3.8) is 0 Å². The monoisotopic (exact) mass is 256 g/mol. The first-order valence-electron chi connectivity index (χ1n) is 4.97. The molecule has 0 aliphatic rings. The molecule has 2 amide bonds. The van der Waals surface area contributed by atoms with Gasteiger partial charge in [-0.05, 0) is 24.3 Å². The van der Waals surface area contributed by atoms with Crippen LogP contribution in [-0.4, -0.2) is 32.1 Å². The number of nitrogens with one attached hydrogen (secondary N) is 2. The van der Waals surface area contributed by atoms with Crippen LogP contribution in [0.3, 0.4) is 0 Å². The van der Waals surface area contributed by atoms with E-state index >= 15 is 0 Å². The first-order chi connectivity index (χ1) is 8.13. The quantitative estimate of drug-likeness (QED) is 0.625. The molecule has 0 fully saturated rings. The number of carbonyl (C=O) groups excluding carboxylic acids is 2. The summed E-state index contributed by atoms with van der Waals surface area (Å²) in [5, 5.41) is 5.42. The number of methoxy groups -OCH3 is 1. The summed E-state index contributed by atoms with van der Waals surface area (Å²) in [6.45, 7) is 0.656. The molecular weight excluding hydrogens is 244 g/mol. The molecule has 0 aliphatic heterocycles. The van der Waals surface area contributed by atoms with Gasteiger partial charge in [0, 0.05) is 24.4 Å². The van der Waals surface area contributed by atoms with Crippen molar-refractivity contribution in [3.05, 3.63) is 29.3 Å². The minimum atomic E-state index is -0.719. The molecule has 1 aromatic carbocycles. The van der Waals surface area contributed by atoms with Crippen LogP contribution in [0, 0.1) is 0 Å². The molecule has 0 spiro atoms. The minimum Gasteiger partial charge on any atom is -0.383 e. The number of carbonyl (C=O) groups is 2. The highest BCUT2D eigenvalue weighted by atomic mass is 35.5. The van der Waals surface area contributed by atoms with Gasteiger partial charge in [0.1, 0.15) is 0 Å². The van der Waals surface area contributed by atoms with Gasteiger partial charge < -0.3 is 15.4 Å². The molecule has 17 heavy (non-hydrogen) atoms. The number of benzene rings is 1. The highest BCUT2D eigenvalue weighted by molar-refractivity contribution is 6.39. The molecule has 1 aromatic rings. The van der Waals surface area contributed by atoms with Gasteiger partial charge in [-0.3, -0.25) is 9.59 Å². The second-order valence-electron chi connectivity index (χ2n) is 3.21. The highest BCUT2D eigenvalue weighted by Gasteiger charge is 2.12. The summed E-state index contributed by atoms with van der Waals surface area (Å²) in [4.78, 5) is 22.7. The van der Waals surface area contributed by atoms with Crippen molar-refractivity contribution in [1.82, 2.24) is 5.32 Å². The summed E-state index contributed by atoms with van der Waals surface area (Å²) in [6, 6.07) is 6.48. The molecule has 0 heterocycles. The highest BCUT2D eigenvalue weighted by Crippen LogP contribution is 2.12. The van der Waals surface area contributed by atoms with Gasteiger partial charge in [0.15, 0.2) is 0 Å². The number of amides is 2. The summed E-state index contributed by atoms with van der Waals surface area (Å²) in [7, 11) is 1.51. The summed E-state index contributed by atoms with van der Waals surface area (Å²) >= 11 is 5.69. The Morgan fingerprint density at radius 2 is 1.88 bits per heavy atom. The zero-order chi connectivity index (χ0) is 12.7. The van der Waals surface area contributed by atoms with Gasteiger partial charge in [0.2, 0.25) is 0 Å². The van der Waals surface area contributed by atoms with Gasteiger partial charge >= 0.3 is 11.8 Å². The maximum Gasteiger partial charge on any atom is 0.313 e. The number of anilines is 1. The third-order valence-electron chi connectivity index (χ3n) is 1.90. The van der Waals surface area contributed by atoms with Gasteiger partial charge in [-0.25, -0.2) is 0 Å². The fraction of sp³-hybridized carbons (Fsp3) is 0.273. The van der Waals surface area contributed by atoms with E-state index in [1.165, 1.54) is 7.11 Å². The van der Waals surface area contributed by atoms with Crippen molar-refractivity contribution in [2.45, 2.75) is 0 Å². The van der Waals surface area contributed by atoms with Crippen LogP contribution in [-0.2, 0) is 14.3 Å². The minimum absolute atomic E-state index is 0.295. The molecule has 1 rings (SSSR count). The van der Waals surface area contributed by atoms with Gasteiger partial charge in [0.25, 0.3) is 0 Å². The van der Waals surface area contributed by atoms with Crippen molar-refractivity contribution < 1.29 is 14.3 Å². The molecular formula is C11H13ClN2O3. The van der Waals surface area contributed by atoms with Crippen LogP contribution in [0.2, 0.25) is 5.02 Å². The average molecular weight is 257 g/mol. The maximum atomic E-state index is 11.4. The number of ether oxygens (including phenoxy) is 1. The first kappa shape index (κ1) is 13.5. The predicted molar refractivity (Wildman–Crippen MR) is 65.0 cm³/mol. The van der Waals surface area contributed by atoms with Gasteiger partial charge in [-0.2, -0.15) is 0 Å². The number of rotatable bonds is 4. The lowest BCUT2D eigenvalue weighted by Crippen LogP contribution is -2.37. The molecule has 0 unspecified atom stereocenters. The molecule has 0 radical (unpaired) electrons. The van der Waals surface area contributed by atoms with Crippen molar-refractivity contribution >= 4 is 29.1 Å². The normalized spacial score (nSPS) is 9.76. The third kappa shape index (κ3) is 4.84. The lowest BCUT2D eigenvalue weighted by Gasteiger charge is -2.05. The van der Waals surface area contributed by atoms with E-state index in [2.05, 4.69) is 10.6 Å². The summed E-state index contributed by atoms with van der Waals surface area (Å²) < 4.78 is 4.74. The van der Waals surface area contributed by atoms with Gasteiger partial charge in [0.05, 0.1) is 6.61 Å². The van der Waals surface area contributed by atoms with E-state index in [0.29, 0.717) is 23.9 Å². The molecule has 0 saturated carbocycles. The topological polar surface area (TPSA) is 67.4 Å². The largest absolute Gasteiger partial charge is 0.383 e. The summed E-state index contributed by atoms with van der Waals surface area (Å²) in [6.07, 6.45) is 0. The molecule has 0 atom stereocenters. The molecule has 0 saturated heterocycles. The van der Waals surface area contributed by atoms with E-state index in [0.717, 1.165) is 0 Å². The van der Waals surface area contributed by atoms with Crippen LogP contribution in [0.25, 0.3) is 0 Å². The second-order valence-corrected chi connectivity index (χ2v) is 3.65. The first-order valence-corrected chi connectivity index (χ1v) is 5.35. The number of hydrogen-bond donors (Lipinski definition) is 2. The van der Waals surface area contributed by atoms with Crippen molar-refractivity contribution in [2.24, 2.45) is 0 Å². The predicted octanol–water partition coefficient (Wildman–Crippen LogP) is 1.04. The zero-order valence-corrected chi connectivity index (χ0v) is 10.1. The Bertz CT molecular complexity index is 392. The van der Waals surface area contributed by atoms with Crippen LogP contribution in [0.4, 0.5) is 5.69 Å². The van der Waals surface area contributed by atoms with Crippen molar-refractivity contribution in [3.8, 4) is 0 Å². The van der Waals surface area contributed by atoms with E-state index < -0.39 is 11.8 Å². The van der Waals surface area contributed by atoms with Gasteiger partial charge in [-0.1, -0.05) is 11.6 Å². The van der Waals surface area contributed by atoms with Crippen LogP contribution >= 0.6 is 11.6 Å². The lowest BCUT2D eigenvalue weighted by atomic mass is 10.3. The van der Waals surface area contributed by atoms with Crippen LogP contribution in [0.15, 0.2) is 24.3 Å². The molecule has 6 heteroatoms. The Balaban J connectivity index is 2.43. The SMILES string of the molecule is COCCNC(=O)C(=O)Nc1ccc(Cl)cc1. The Labute approximate surface area is 104 Å². The Morgan fingerprint density at radius 1 is 1.24 bits per heavy atom. The van der Waals surface area contributed by atoms with Gasteiger partial charge in [-0.15, -0.1) is 0 Å². The molecule has 2 N–H and O–H groups in total. The van der Waals surface area contributed by atoms with Crippen molar-refractivity contribution in [1.29, 1.82) is 0 Å². The fourth-order valence-corrected chi connectivity index (χ4v) is 1.19. The van der Waals surface area contributed by atoms with E-state index in [-0.39, 0.29) is 0 Å². The maximum absolute atomic E-state index is 11.4. The number of hydrogen-bond acceptors (Lipinski definition) is 3. The zero-order valence-electron chi connectivity index (χ0n) is 9.33. The van der Waals surface area contributed by atoms with E-state index in [4.69, 9.17) is 16.3 Å². The average Bonchev–Trinajstić information content (AvgIpc) is 2.32. The van der Waals surface area contributed by atoms with E-state index in [1.54, 1.807) is 24.3 Å². The standard InChI is InChI=1S/C11H13ClN2O3/c1-17-7-6-13-10(15)11(16)14-9-4-2-8(12)3-5-9/h2-5H,6-7H2,1H3,(H,13,15)(H,14,16). The lowest BCUT2D eigenvalue weighted by molar-refractivity contribution is -0.136. The van der Waals surface area contributed by atoms with Crippen LogP contribution in [0.1, 0.15) is 0 Å². The van der Waals surface area contributed by atoms with E-state index in [9.17, 15) is 9.59 Å².